The molecular formula is C21H31N5O6S2. The van der Waals surface area contributed by atoms with Crippen LogP contribution in [-0.4, -0.2) is 49.4 Å². The van der Waals surface area contributed by atoms with E-state index in [1.807, 2.05) is 20.8 Å². The first-order chi connectivity index (χ1) is 15.7. The second-order valence-corrected chi connectivity index (χ2v) is 11.4. The van der Waals surface area contributed by atoms with Crippen molar-refractivity contribution in [2.24, 2.45) is 11.5 Å². The number of hydrogen-bond acceptors (Lipinski definition) is 9. The monoisotopic (exact) mass is 513 g/mol. The van der Waals surface area contributed by atoms with E-state index in [-0.39, 0.29) is 33.0 Å². The van der Waals surface area contributed by atoms with Crippen LogP contribution in [-0.2, 0) is 20.2 Å². The highest BCUT2D eigenvalue weighted by atomic mass is 32.2. The second-order valence-electron chi connectivity index (χ2n) is 8.69. The zero-order valence-electron chi connectivity index (χ0n) is 19.2. The molecule has 0 fully saturated rings. The lowest BCUT2D eigenvalue weighted by molar-refractivity contribution is -0.139. The van der Waals surface area contributed by atoms with E-state index in [9.17, 15) is 28.2 Å². The summed E-state index contributed by atoms with van der Waals surface area (Å²) in [5, 5.41) is 24.2. The lowest BCUT2D eigenvalue weighted by atomic mass is 9.95. The number of phenolic OH excluding ortho intramolecular Hbond substituents is 1. The fourth-order valence-corrected chi connectivity index (χ4v) is 5.09. The molecule has 2 rings (SSSR count). The Hall–Kier alpha value is -2.71. The van der Waals surface area contributed by atoms with Crippen molar-refractivity contribution in [2.75, 3.05) is 11.3 Å². The van der Waals surface area contributed by atoms with Crippen LogP contribution in [0.3, 0.4) is 0 Å². The number of nitrogens with one attached hydrogen (secondary N) is 3. The smallest absolute Gasteiger partial charge is 0.326 e. The predicted octanol–water partition coefficient (Wildman–Crippen LogP) is 1.31. The van der Waals surface area contributed by atoms with Gasteiger partial charge in [-0.3, -0.25) is 14.8 Å². The number of anilines is 1. The van der Waals surface area contributed by atoms with Crippen molar-refractivity contribution in [1.82, 2.24) is 10.6 Å². The first-order valence-electron chi connectivity index (χ1n) is 10.4. The van der Waals surface area contributed by atoms with Gasteiger partial charge in [0.25, 0.3) is 15.9 Å². The van der Waals surface area contributed by atoms with Crippen LogP contribution < -0.4 is 26.8 Å². The fourth-order valence-electron chi connectivity index (χ4n) is 2.89. The van der Waals surface area contributed by atoms with Crippen molar-refractivity contribution in [2.45, 2.75) is 56.3 Å². The van der Waals surface area contributed by atoms with E-state index in [4.69, 9.17) is 11.5 Å². The minimum absolute atomic E-state index is 0.0420. The van der Waals surface area contributed by atoms with Crippen LogP contribution in [0.2, 0.25) is 0 Å². The van der Waals surface area contributed by atoms with Gasteiger partial charge in [0.1, 0.15) is 23.0 Å². The highest BCUT2D eigenvalue weighted by Crippen LogP contribution is 2.36. The maximum Gasteiger partial charge on any atom is 0.326 e. The number of rotatable bonds is 11. The van der Waals surface area contributed by atoms with Crippen LogP contribution in [0.15, 0.2) is 35.2 Å². The van der Waals surface area contributed by atoms with E-state index in [1.165, 1.54) is 24.3 Å². The summed E-state index contributed by atoms with van der Waals surface area (Å²) < 4.78 is 28.1. The number of carbonyl (C=O) groups is 2. The number of aliphatic carboxylic acids is 1. The molecule has 1 aromatic heterocycles. The van der Waals surface area contributed by atoms with Gasteiger partial charge in [0, 0.05) is 4.88 Å². The number of aromatic hydroxyl groups is 1. The van der Waals surface area contributed by atoms with Crippen LogP contribution in [0, 0.1) is 0 Å². The van der Waals surface area contributed by atoms with Crippen LogP contribution >= 0.6 is 11.3 Å². The average molecular weight is 514 g/mol. The summed E-state index contributed by atoms with van der Waals surface area (Å²) in [7, 11) is -4.07. The Labute approximate surface area is 202 Å². The van der Waals surface area contributed by atoms with Crippen molar-refractivity contribution in [3.63, 3.8) is 0 Å². The van der Waals surface area contributed by atoms with Crippen molar-refractivity contribution >= 4 is 38.9 Å². The molecule has 0 saturated carbocycles. The number of carboxylic acid groups (broad SMARTS) is 1. The van der Waals surface area contributed by atoms with E-state index in [2.05, 4.69) is 15.4 Å². The molecular weight excluding hydrogens is 482 g/mol. The number of hydrogen-bond donors (Lipinski definition) is 7. The molecule has 0 bridgehead atoms. The van der Waals surface area contributed by atoms with Gasteiger partial charge in [-0.05, 0) is 55.1 Å². The topological polar surface area (TPSA) is 197 Å². The number of carboxylic acids is 1. The van der Waals surface area contributed by atoms with Gasteiger partial charge in [-0.1, -0.05) is 20.8 Å². The molecule has 1 heterocycles. The zero-order chi connectivity index (χ0) is 25.7. The minimum Gasteiger partial charge on any atom is -0.508 e. The number of phenols is 1. The molecule has 1 amide bonds. The van der Waals surface area contributed by atoms with Crippen molar-refractivity contribution in [3.05, 3.63) is 40.1 Å². The van der Waals surface area contributed by atoms with Gasteiger partial charge < -0.3 is 27.0 Å². The molecule has 9 N–H and O–H groups in total. The lowest BCUT2D eigenvalue weighted by Gasteiger charge is -2.16. The van der Waals surface area contributed by atoms with E-state index in [1.54, 1.807) is 6.07 Å². The molecule has 0 spiro atoms. The summed E-state index contributed by atoms with van der Waals surface area (Å²) in [5.74, 6) is -2.02. The molecule has 34 heavy (non-hydrogen) atoms. The molecule has 13 heteroatoms. The van der Waals surface area contributed by atoms with Gasteiger partial charge in [0.05, 0.1) is 10.6 Å². The van der Waals surface area contributed by atoms with E-state index < -0.39 is 34.2 Å². The van der Waals surface area contributed by atoms with Gasteiger partial charge in [-0.15, -0.1) is 11.3 Å². The number of sulfonamides is 1. The molecule has 11 nitrogen and oxygen atoms in total. The molecule has 188 valence electrons. The van der Waals surface area contributed by atoms with Crippen molar-refractivity contribution in [1.29, 1.82) is 0 Å². The molecule has 0 aliphatic carbocycles. The zero-order valence-corrected chi connectivity index (χ0v) is 20.8. The molecule has 0 saturated heterocycles. The standard InChI is InChI=1S/C21H31N5O6S2/c1-21(2,3)16-11-15(26-34(31,32)13-8-6-12(27)7-9-13)17(33-16)18(28)25-14(19(29)30)5-4-10-24-20(22)23/h6-9,11,14,20,24,26-27H,4-5,10,22-23H2,1-3H3,(H,25,28)(H,29,30)/t14-/m0/s1. The maximum atomic E-state index is 13.0. The first kappa shape index (κ1) is 27.5. The summed E-state index contributed by atoms with van der Waals surface area (Å²) in [5.41, 5.74) is 10.4. The molecule has 0 radical (unpaired) electrons. The number of benzene rings is 1. The summed E-state index contributed by atoms with van der Waals surface area (Å²) in [6, 6.07) is 5.32. The highest BCUT2D eigenvalue weighted by molar-refractivity contribution is 7.92. The normalized spacial score (nSPS) is 13.0. The third-order valence-electron chi connectivity index (χ3n) is 4.72. The highest BCUT2D eigenvalue weighted by Gasteiger charge is 2.28. The summed E-state index contributed by atoms with van der Waals surface area (Å²) in [6.45, 7) is 6.10. The average Bonchev–Trinajstić information content (AvgIpc) is 3.13. The number of thiophene rings is 1. The molecule has 1 atom stereocenters. The fraction of sp³-hybridized carbons (Fsp3) is 0.429. The first-order valence-corrected chi connectivity index (χ1v) is 12.7. The Morgan fingerprint density at radius 2 is 1.76 bits per heavy atom. The minimum atomic E-state index is -4.07. The Bertz CT molecular complexity index is 1110. The molecule has 0 aliphatic rings. The maximum absolute atomic E-state index is 13.0. The van der Waals surface area contributed by atoms with Gasteiger partial charge in [0.15, 0.2) is 0 Å². The van der Waals surface area contributed by atoms with Gasteiger partial charge in [-0.2, -0.15) is 0 Å². The van der Waals surface area contributed by atoms with E-state index in [0.717, 1.165) is 16.2 Å². The van der Waals surface area contributed by atoms with Crippen LogP contribution in [0.4, 0.5) is 5.69 Å². The van der Waals surface area contributed by atoms with Gasteiger partial charge >= 0.3 is 5.97 Å². The largest absolute Gasteiger partial charge is 0.508 e. The second kappa shape index (κ2) is 11.1. The van der Waals surface area contributed by atoms with E-state index >= 15 is 0 Å². The van der Waals surface area contributed by atoms with Crippen molar-refractivity contribution in [3.8, 4) is 5.75 Å². The molecule has 0 aliphatic heterocycles. The third kappa shape index (κ3) is 7.67. The van der Waals surface area contributed by atoms with Gasteiger partial charge in [-0.25, -0.2) is 13.2 Å². The summed E-state index contributed by atoms with van der Waals surface area (Å²) in [4.78, 5) is 25.4. The number of nitrogens with two attached hydrogens (primary N) is 2. The van der Waals surface area contributed by atoms with Crippen LogP contribution in [0.1, 0.15) is 48.2 Å². The van der Waals surface area contributed by atoms with E-state index in [0.29, 0.717) is 13.0 Å². The molecule has 0 unspecified atom stereocenters. The Morgan fingerprint density at radius 1 is 1.15 bits per heavy atom. The third-order valence-corrected chi connectivity index (χ3v) is 7.66. The Kier molecular flexibility index (Phi) is 9.02. The molecule has 1 aromatic carbocycles. The van der Waals surface area contributed by atoms with Crippen LogP contribution in [0.5, 0.6) is 5.75 Å². The summed E-state index contributed by atoms with van der Waals surface area (Å²) >= 11 is 1.08. The Balaban J connectivity index is 2.30. The van der Waals surface area contributed by atoms with Crippen molar-refractivity contribution < 1.29 is 28.2 Å². The quantitative estimate of drug-likeness (QED) is 0.171. The number of amides is 1. The van der Waals surface area contributed by atoms with Crippen LogP contribution in [0.25, 0.3) is 0 Å². The Morgan fingerprint density at radius 3 is 2.29 bits per heavy atom. The SMILES string of the molecule is CC(C)(C)c1cc(NS(=O)(=O)c2ccc(O)cc2)c(C(=O)N[C@@H](CCCNC(N)N)C(=O)O)s1. The molecule has 2 aromatic rings. The predicted molar refractivity (Wildman–Crippen MR) is 130 cm³/mol. The lowest BCUT2D eigenvalue weighted by Crippen LogP contribution is -2.46. The number of carbonyl (C=O) groups excluding carboxylic acids is 1. The summed E-state index contributed by atoms with van der Waals surface area (Å²) in [6.07, 6.45) is -0.225. The van der Waals surface area contributed by atoms with Gasteiger partial charge in [0.2, 0.25) is 0 Å².